The first-order chi connectivity index (χ1) is 14.5. The lowest BCUT2D eigenvalue weighted by molar-refractivity contribution is -0.113. The molecule has 0 atom stereocenters. The summed E-state index contributed by atoms with van der Waals surface area (Å²) < 4.78 is 7.08. The van der Waals surface area contributed by atoms with Crippen LogP contribution in [0.1, 0.15) is 34.6 Å². The Kier molecular flexibility index (Phi) is 7.22. The third-order valence-corrected chi connectivity index (χ3v) is 6.49. The highest BCUT2D eigenvalue weighted by Crippen LogP contribution is 2.33. The minimum Gasteiger partial charge on any atom is -0.462 e. The quantitative estimate of drug-likeness (QED) is 0.414. The SMILES string of the molecule is CCOC(=O)c1c(NC(=O)CSc2nnc(-c3cccnc3)n2CC)sc(C)c1C. The molecule has 158 valence electrons. The number of nitrogens with zero attached hydrogens (tertiary/aromatic N) is 4. The Labute approximate surface area is 183 Å². The molecule has 0 aliphatic heterocycles. The number of ether oxygens (including phenoxy) is 1. The highest BCUT2D eigenvalue weighted by molar-refractivity contribution is 7.99. The van der Waals surface area contributed by atoms with Crippen LogP contribution in [0.4, 0.5) is 5.00 Å². The molecule has 0 fully saturated rings. The lowest BCUT2D eigenvalue weighted by Crippen LogP contribution is -2.17. The molecule has 0 saturated carbocycles. The van der Waals surface area contributed by atoms with Crippen LogP contribution >= 0.6 is 23.1 Å². The molecule has 0 bridgehead atoms. The number of carbonyl (C=O) groups is 2. The zero-order chi connectivity index (χ0) is 21.7. The van der Waals surface area contributed by atoms with Crippen molar-refractivity contribution in [3.05, 3.63) is 40.5 Å². The maximum Gasteiger partial charge on any atom is 0.341 e. The summed E-state index contributed by atoms with van der Waals surface area (Å²) in [6.07, 6.45) is 3.43. The predicted molar refractivity (Wildman–Crippen MR) is 118 cm³/mol. The third-order valence-electron chi connectivity index (χ3n) is 4.40. The topological polar surface area (TPSA) is 99.0 Å². The fourth-order valence-electron chi connectivity index (χ4n) is 2.85. The van der Waals surface area contributed by atoms with Crippen molar-refractivity contribution in [3.63, 3.8) is 0 Å². The van der Waals surface area contributed by atoms with Crippen molar-refractivity contribution in [2.24, 2.45) is 0 Å². The van der Waals surface area contributed by atoms with E-state index in [0.717, 1.165) is 16.0 Å². The van der Waals surface area contributed by atoms with Gasteiger partial charge in [-0.05, 0) is 45.4 Å². The molecule has 3 aromatic heterocycles. The highest BCUT2D eigenvalue weighted by Gasteiger charge is 2.22. The van der Waals surface area contributed by atoms with Gasteiger partial charge < -0.3 is 14.6 Å². The monoisotopic (exact) mass is 445 g/mol. The van der Waals surface area contributed by atoms with Crippen LogP contribution in [0, 0.1) is 13.8 Å². The van der Waals surface area contributed by atoms with E-state index in [1.807, 2.05) is 37.5 Å². The molecule has 8 nitrogen and oxygen atoms in total. The van der Waals surface area contributed by atoms with E-state index < -0.39 is 5.97 Å². The van der Waals surface area contributed by atoms with Crippen molar-refractivity contribution in [1.29, 1.82) is 0 Å². The Hall–Kier alpha value is -2.72. The molecule has 0 aliphatic carbocycles. The number of esters is 1. The Morgan fingerprint density at radius 1 is 1.27 bits per heavy atom. The van der Waals surface area contributed by atoms with Crippen molar-refractivity contribution in [1.82, 2.24) is 19.7 Å². The molecule has 0 saturated heterocycles. The van der Waals surface area contributed by atoms with Gasteiger partial charge in [0.05, 0.1) is 17.9 Å². The van der Waals surface area contributed by atoms with Gasteiger partial charge in [0.1, 0.15) is 5.00 Å². The van der Waals surface area contributed by atoms with E-state index >= 15 is 0 Å². The van der Waals surface area contributed by atoms with E-state index in [0.29, 0.717) is 28.1 Å². The van der Waals surface area contributed by atoms with Crippen molar-refractivity contribution in [2.45, 2.75) is 39.4 Å². The van der Waals surface area contributed by atoms with E-state index in [4.69, 9.17) is 4.74 Å². The molecular formula is C20H23N5O3S2. The summed E-state index contributed by atoms with van der Waals surface area (Å²) in [7, 11) is 0. The summed E-state index contributed by atoms with van der Waals surface area (Å²) in [5.74, 6) is 0.209. The second-order valence-corrected chi connectivity index (χ2v) is 8.50. The van der Waals surface area contributed by atoms with Crippen molar-refractivity contribution < 1.29 is 14.3 Å². The highest BCUT2D eigenvalue weighted by atomic mass is 32.2. The zero-order valence-corrected chi connectivity index (χ0v) is 18.9. The number of thiophene rings is 1. The molecule has 10 heteroatoms. The number of anilines is 1. The Bertz CT molecular complexity index is 1050. The first kappa shape index (κ1) is 22.0. The number of aryl methyl sites for hydroxylation is 1. The number of carbonyl (C=O) groups excluding carboxylic acids is 2. The smallest absolute Gasteiger partial charge is 0.341 e. The van der Waals surface area contributed by atoms with Gasteiger partial charge in [-0.2, -0.15) is 0 Å². The molecule has 1 amide bonds. The van der Waals surface area contributed by atoms with Crippen LogP contribution in [-0.4, -0.2) is 44.0 Å². The molecule has 0 spiro atoms. The Morgan fingerprint density at radius 3 is 2.73 bits per heavy atom. The van der Waals surface area contributed by atoms with Crippen molar-refractivity contribution in [2.75, 3.05) is 17.7 Å². The lowest BCUT2D eigenvalue weighted by Gasteiger charge is -2.08. The fraction of sp³-hybridized carbons (Fsp3) is 0.350. The van der Waals surface area contributed by atoms with Crippen LogP contribution < -0.4 is 5.32 Å². The Balaban J connectivity index is 1.71. The van der Waals surface area contributed by atoms with Gasteiger partial charge in [-0.3, -0.25) is 9.78 Å². The van der Waals surface area contributed by atoms with E-state index in [-0.39, 0.29) is 18.3 Å². The van der Waals surface area contributed by atoms with Crippen LogP contribution in [0.5, 0.6) is 0 Å². The van der Waals surface area contributed by atoms with Crippen molar-refractivity contribution >= 4 is 40.0 Å². The molecule has 1 N–H and O–H groups in total. The predicted octanol–water partition coefficient (Wildman–Crippen LogP) is 3.95. The fourth-order valence-corrected chi connectivity index (χ4v) is 4.71. The van der Waals surface area contributed by atoms with Gasteiger partial charge >= 0.3 is 5.97 Å². The first-order valence-electron chi connectivity index (χ1n) is 9.49. The molecule has 0 aromatic carbocycles. The number of thioether (sulfide) groups is 1. The van der Waals surface area contributed by atoms with Gasteiger partial charge in [-0.15, -0.1) is 21.5 Å². The normalized spacial score (nSPS) is 10.8. The molecule has 30 heavy (non-hydrogen) atoms. The molecule has 0 aliphatic rings. The van der Waals surface area contributed by atoms with Gasteiger partial charge in [0.25, 0.3) is 0 Å². The number of amides is 1. The van der Waals surface area contributed by atoms with Crippen LogP contribution in [0.15, 0.2) is 29.7 Å². The van der Waals surface area contributed by atoms with Crippen LogP contribution in [0.2, 0.25) is 0 Å². The minimum atomic E-state index is -0.422. The molecule has 3 aromatic rings. The molecule has 3 heterocycles. The van der Waals surface area contributed by atoms with Crippen molar-refractivity contribution in [3.8, 4) is 11.4 Å². The number of aromatic nitrogens is 4. The summed E-state index contributed by atoms with van der Waals surface area (Å²) in [6, 6.07) is 3.76. The number of hydrogen-bond acceptors (Lipinski definition) is 8. The first-order valence-corrected chi connectivity index (χ1v) is 11.3. The Morgan fingerprint density at radius 2 is 2.07 bits per heavy atom. The number of hydrogen-bond donors (Lipinski definition) is 1. The second kappa shape index (κ2) is 9.86. The van der Waals surface area contributed by atoms with Gasteiger partial charge in [-0.1, -0.05) is 11.8 Å². The molecular weight excluding hydrogens is 422 g/mol. The van der Waals surface area contributed by atoms with Crippen LogP contribution in [0.25, 0.3) is 11.4 Å². The molecule has 0 unspecified atom stereocenters. The maximum atomic E-state index is 12.6. The van der Waals surface area contributed by atoms with E-state index in [1.54, 1.807) is 19.3 Å². The number of pyridine rings is 1. The second-order valence-electron chi connectivity index (χ2n) is 6.34. The van der Waals surface area contributed by atoms with Gasteiger partial charge in [0, 0.05) is 29.4 Å². The summed E-state index contributed by atoms with van der Waals surface area (Å²) >= 11 is 2.67. The van der Waals surface area contributed by atoms with E-state index in [1.165, 1.54) is 23.1 Å². The van der Waals surface area contributed by atoms with E-state index in [2.05, 4.69) is 20.5 Å². The average molecular weight is 446 g/mol. The standard InChI is InChI=1S/C20H23N5O3S2/c1-5-25-17(14-8-7-9-21-10-14)23-24-20(25)29-11-15(26)22-18-16(19(27)28-6-2)12(3)13(4)30-18/h7-10H,5-6,11H2,1-4H3,(H,22,26). The maximum absolute atomic E-state index is 12.6. The molecule has 0 radical (unpaired) electrons. The average Bonchev–Trinajstić information content (AvgIpc) is 3.27. The van der Waals surface area contributed by atoms with Crippen LogP contribution in [0.3, 0.4) is 0 Å². The molecule has 3 rings (SSSR count). The number of rotatable bonds is 8. The summed E-state index contributed by atoms with van der Waals surface area (Å²) in [4.78, 5) is 29.9. The van der Waals surface area contributed by atoms with E-state index in [9.17, 15) is 9.59 Å². The zero-order valence-electron chi connectivity index (χ0n) is 17.3. The van der Waals surface area contributed by atoms with Gasteiger partial charge in [0.2, 0.25) is 5.91 Å². The summed E-state index contributed by atoms with van der Waals surface area (Å²) in [5, 5.41) is 12.5. The third kappa shape index (κ3) is 4.71. The minimum absolute atomic E-state index is 0.142. The van der Waals surface area contributed by atoms with Gasteiger partial charge in [0.15, 0.2) is 11.0 Å². The van der Waals surface area contributed by atoms with Crippen LogP contribution in [-0.2, 0) is 16.1 Å². The summed E-state index contributed by atoms with van der Waals surface area (Å²) in [5.41, 5.74) is 2.12. The largest absolute Gasteiger partial charge is 0.462 e. The number of nitrogens with one attached hydrogen (secondary N) is 1. The summed E-state index contributed by atoms with van der Waals surface area (Å²) in [6.45, 7) is 8.46. The lowest BCUT2D eigenvalue weighted by atomic mass is 10.1. The van der Waals surface area contributed by atoms with Gasteiger partial charge in [-0.25, -0.2) is 4.79 Å².